The van der Waals surface area contributed by atoms with Crippen LogP contribution in [0.25, 0.3) is 0 Å². The van der Waals surface area contributed by atoms with Gasteiger partial charge in [-0.3, -0.25) is 9.59 Å². The molecule has 0 radical (unpaired) electrons. The SMILES string of the molecule is C[C@@H]1C[C@H]2[C@@H]3CCC4=CC(O)=CC(=O)[C@]4(C)[C@H]3CC[C@]2(C)C1C(=O)SCF. The summed E-state index contributed by atoms with van der Waals surface area (Å²) >= 11 is 0.830. The third kappa shape index (κ3) is 2.60. The maximum absolute atomic E-state index is 12.9. The first-order valence-corrected chi connectivity index (χ1v) is 11.1. The molecule has 1 unspecified atom stereocenters. The minimum absolute atomic E-state index is 0.0117. The number of hydrogen-bond acceptors (Lipinski definition) is 4. The van der Waals surface area contributed by atoms with E-state index in [2.05, 4.69) is 20.8 Å². The van der Waals surface area contributed by atoms with Crippen LogP contribution in [-0.4, -0.2) is 22.0 Å². The van der Waals surface area contributed by atoms with E-state index >= 15 is 0 Å². The number of thioether (sulfide) groups is 1. The molecule has 148 valence electrons. The van der Waals surface area contributed by atoms with Gasteiger partial charge in [0.1, 0.15) is 11.8 Å². The Labute approximate surface area is 164 Å². The minimum atomic E-state index is -0.647. The summed E-state index contributed by atoms with van der Waals surface area (Å²) in [7, 11) is 0. The quantitative estimate of drug-likeness (QED) is 0.699. The van der Waals surface area contributed by atoms with Crippen molar-refractivity contribution in [1.29, 1.82) is 0 Å². The van der Waals surface area contributed by atoms with Gasteiger partial charge in [0.05, 0.1) is 5.41 Å². The lowest BCUT2D eigenvalue weighted by Gasteiger charge is -2.56. The Morgan fingerprint density at radius 2 is 2.04 bits per heavy atom. The van der Waals surface area contributed by atoms with Gasteiger partial charge in [0.25, 0.3) is 0 Å². The van der Waals surface area contributed by atoms with E-state index in [0.29, 0.717) is 11.8 Å². The van der Waals surface area contributed by atoms with Gasteiger partial charge in [-0.15, -0.1) is 0 Å². The predicted octanol–water partition coefficient (Wildman–Crippen LogP) is 5.23. The predicted molar refractivity (Wildman–Crippen MR) is 105 cm³/mol. The molecule has 0 spiro atoms. The Bertz CT molecular complexity index is 744. The monoisotopic (exact) mass is 392 g/mol. The Hall–Kier alpha value is -1.10. The van der Waals surface area contributed by atoms with Gasteiger partial charge in [0, 0.05) is 12.0 Å². The van der Waals surface area contributed by atoms with E-state index in [1.165, 1.54) is 6.08 Å². The molecule has 0 aliphatic heterocycles. The second-order valence-electron chi connectivity index (χ2n) is 9.53. The molecule has 0 aromatic rings. The van der Waals surface area contributed by atoms with E-state index in [9.17, 15) is 19.1 Å². The van der Waals surface area contributed by atoms with E-state index in [1.54, 1.807) is 6.08 Å². The van der Waals surface area contributed by atoms with Crippen LogP contribution in [0, 0.1) is 40.4 Å². The maximum Gasteiger partial charge on any atom is 0.195 e. The largest absolute Gasteiger partial charge is 0.508 e. The highest BCUT2D eigenvalue weighted by atomic mass is 32.2. The van der Waals surface area contributed by atoms with Gasteiger partial charge in [-0.25, -0.2) is 4.39 Å². The van der Waals surface area contributed by atoms with Crippen LogP contribution < -0.4 is 0 Å². The molecule has 7 atom stereocenters. The number of rotatable bonds is 2. The third-order valence-corrected chi connectivity index (χ3v) is 9.15. The molecule has 0 aromatic heterocycles. The van der Waals surface area contributed by atoms with Crippen LogP contribution in [0.2, 0.25) is 0 Å². The first-order chi connectivity index (χ1) is 12.7. The number of hydrogen-bond donors (Lipinski definition) is 1. The molecule has 3 nitrogen and oxygen atoms in total. The summed E-state index contributed by atoms with van der Waals surface area (Å²) in [6.07, 6.45) is 7.86. The van der Waals surface area contributed by atoms with Crippen molar-refractivity contribution in [3.63, 3.8) is 0 Å². The number of aliphatic hydroxyl groups is 1. The van der Waals surface area contributed by atoms with Gasteiger partial charge in [-0.1, -0.05) is 31.2 Å². The van der Waals surface area contributed by atoms with Crippen molar-refractivity contribution in [2.45, 2.75) is 52.9 Å². The second-order valence-corrected chi connectivity index (χ2v) is 10.4. The maximum atomic E-state index is 12.9. The summed E-state index contributed by atoms with van der Waals surface area (Å²) in [5.41, 5.74) is 0.465. The van der Waals surface area contributed by atoms with Crippen molar-refractivity contribution in [3.05, 3.63) is 23.5 Å². The lowest BCUT2D eigenvalue weighted by Crippen LogP contribution is -2.53. The summed E-state index contributed by atoms with van der Waals surface area (Å²) in [5.74, 6) is 1.38. The zero-order valence-electron chi connectivity index (χ0n) is 16.3. The fraction of sp³-hybridized carbons (Fsp3) is 0.727. The van der Waals surface area contributed by atoms with Gasteiger partial charge in [0.2, 0.25) is 0 Å². The number of carbonyl (C=O) groups excluding carboxylic acids is 2. The molecular formula is C22H29FO3S. The van der Waals surface area contributed by atoms with E-state index in [0.717, 1.165) is 49.4 Å². The topological polar surface area (TPSA) is 54.4 Å². The van der Waals surface area contributed by atoms with Crippen molar-refractivity contribution in [2.75, 3.05) is 6.01 Å². The summed E-state index contributed by atoms with van der Waals surface area (Å²) in [6, 6.07) is -0.647. The zero-order valence-corrected chi connectivity index (χ0v) is 17.2. The molecule has 0 amide bonds. The van der Waals surface area contributed by atoms with Crippen LogP contribution in [0.3, 0.4) is 0 Å². The zero-order chi connectivity index (χ0) is 19.6. The molecule has 1 N–H and O–H groups in total. The molecule has 4 aliphatic rings. The first kappa shape index (κ1) is 19.2. The highest BCUT2D eigenvalue weighted by molar-refractivity contribution is 8.13. The Kier molecular flexibility index (Phi) is 4.60. The van der Waals surface area contributed by atoms with Crippen molar-refractivity contribution >= 4 is 22.7 Å². The lowest BCUT2D eigenvalue weighted by atomic mass is 9.47. The molecule has 0 bridgehead atoms. The van der Waals surface area contributed by atoms with Crippen molar-refractivity contribution < 1.29 is 19.1 Å². The average molecular weight is 393 g/mol. The standard InChI is InChI=1S/C22H29FO3S/c1-12-8-17-15-5-4-13-9-14(24)10-18(25)22(13,3)16(15)6-7-21(17,2)19(12)20(26)27-11-23/h9-10,12,15-17,19,24H,4-8,11H2,1-3H3/t12-,15-,16+,17+,19?,21+,22+/m1/s1. The first-order valence-electron chi connectivity index (χ1n) is 10.1. The van der Waals surface area contributed by atoms with Crippen LogP contribution in [0.15, 0.2) is 23.5 Å². The van der Waals surface area contributed by atoms with E-state index in [1.807, 2.05) is 0 Å². The van der Waals surface area contributed by atoms with Crippen molar-refractivity contribution in [1.82, 2.24) is 0 Å². The Morgan fingerprint density at radius 3 is 2.74 bits per heavy atom. The van der Waals surface area contributed by atoms with Gasteiger partial charge in [-0.2, -0.15) is 0 Å². The molecule has 0 aromatic carbocycles. The summed E-state index contributed by atoms with van der Waals surface area (Å²) in [5, 5.41) is 9.91. The van der Waals surface area contributed by atoms with Gasteiger partial charge in [-0.05, 0) is 74.2 Å². The number of allylic oxidation sites excluding steroid dienone is 3. The second kappa shape index (κ2) is 6.47. The van der Waals surface area contributed by atoms with Gasteiger partial charge >= 0.3 is 0 Å². The normalized spacial score (nSPS) is 46.1. The van der Waals surface area contributed by atoms with Crippen LogP contribution in [-0.2, 0) is 9.59 Å². The molecule has 3 saturated carbocycles. The van der Waals surface area contributed by atoms with Crippen LogP contribution in [0.4, 0.5) is 4.39 Å². The molecule has 0 saturated heterocycles. The average Bonchev–Trinajstić information content (AvgIpc) is 2.87. The number of carbonyl (C=O) groups is 2. The number of aliphatic hydroxyl groups excluding tert-OH is 1. The van der Waals surface area contributed by atoms with Crippen LogP contribution in [0.1, 0.15) is 52.9 Å². The fourth-order valence-corrected chi connectivity index (χ4v) is 8.09. The van der Waals surface area contributed by atoms with Gasteiger partial charge < -0.3 is 5.11 Å². The Balaban J connectivity index is 1.68. The number of fused-ring (bicyclic) bond motifs is 5. The molecule has 27 heavy (non-hydrogen) atoms. The number of alkyl halides is 1. The lowest BCUT2D eigenvalue weighted by molar-refractivity contribution is -0.134. The molecule has 4 aliphatic carbocycles. The molecule has 0 heterocycles. The summed E-state index contributed by atoms with van der Waals surface area (Å²) < 4.78 is 12.8. The van der Waals surface area contributed by atoms with E-state index < -0.39 is 11.4 Å². The molecule has 4 rings (SSSR count). The van der Waals surface area contributed by atoms with E-state index in [-0.39, 0.29) is 39.8 Å². The molecule has 3 fully saturated rings. The number of halogens is 1. The van der Waals surface area contributed by atoms with Crippen molar-refractivity contribution in [3.8, 4) is 0 Å². The number of ketones is 1. The minimum Gasteiger partial charge on any atom is -0.508 e. The van der Waals surface area contributed by atoms with Crippen LogP contribution >= 0.6 is 11.8 Å². The Morgan fingerprint density at radius 1 is 1.30 bits per heavy atom. The molecule has 5 heteroatoms. The van der Waals surface area contributed by atoms with Crippen LogP contribution in [0.5, 0.6) is 0 Å². The van der Waals surface area contributed by atoms with Crippen molar-refractivity contribution in [2.24, 2.45) is 40.4 Å². The van der Waals surface area contributed by atoms with Gasteiger partial charge in [0.15, 0.2) is 10.9 Å². The highest BCUT2D eigenvalue weighted by Gasteiger charge is 2.63. The summed E-state index contributed by atoms with van der Waals surface area (Å²) in [6.45, 7) is 6.44. The van der Waals surface area contributed by atoms with E-state index in [4.69, 9.17) is 0 Å². The summed E-state index contributed by atoms with van der Waals surface area (Å²) in [4.78, 5) is 25.6. The third-order valence-electron chi connectivity index (χ3n) is 8.50. The molecular weight excluding hydrogens is 363 g/mol. The smallest absolute Gasteiger partial charge is 0.195 e. The highest BCUT2D eigenvalue weighted by Crippen LogP contribution is 2.67. The fourth-order valence-electron chi connectivity index (χ4n) is 7.30.